The largest absolute Gasteiger partial charge is 0.493 e. The van der Waals surface area contributed by atoms with Crippen LogP contribution in [0.1, 0.15) is 45.4 Å². The van der Waals surface area contributed by atoms with E-state index >= 15 is 0 Å². The molecule has 21 heavy (non-hydrogen) atoms. The third-order valence-electron chi connectivity index (χ3n) is 4.56. The Morgan fingerprint density at radius 2 is 1.90 bits per heavy atom. The predicted octanol–water partition coefficient (Wildman–Crippen LogP) is 4.04. The minimum atomic E-state index is -0.153. The lowest BCUT2D eigenvalue weighted by atomic mass is 9.76. The fraction of sp³-hybridized carbons (Fsp3) is 0.667. The van der Waals surface area contributed by atoms with Crippen LogP contribution in [0.25, 0.3) is 0 Å². The topological polar surface area (TPSA) is 38.7 Å². The number of benzene rings is 1. The Morgan fingerprint density at radius 1 is 1.14 bits per heavy atom. The number of aliphatic hydroxyl groups excluding tert-OH is 1. The quantitative estimate of drug-likeness (QED) is 0.824. The van der Waals surface area contributed by atoms with Crippen LogP contribution in [0.5, 0.6) is 11.5 Å². The zero-order valence-corrected chi connectivity index (χ0v) is 13.3. The third-order valence-corrected chi connectivity index (χ3v) is 4.56. The molecule has 1 N–H and O–H groups in total. The second kappa shape index (κ2) is 8.28. The molecule has 118 valence electrons. The minimum Gasteiger partial charge on any atom is -0.493 e. The zero-order valence-electron chi connectivity index (χ0n) is 13.3. The number of para-hydroxylation sites is 2. The highest BCUT2D eigenvalue weighted by molar-refractivity contribution is 5.39. The van der Waals surface area contributed by atoms with Crippen LogP contribution in [0.15, 0.2) is 24.3 Å². The van der Waals surface area contributed by atoms with Crippen LogP contribution in [0.4, 0.5) is 0 Å². The Morgan fingerprint density at radius 3 is 2.62 bits per heavy atom. The van der Waals surface area contributed by atoms with Gasteiger partial charge in [-0.3, -0.25) is 0 Å². The maximum atomic E-state index is 10.2. The monoisotopic (exact) mass is 292 g/mol. The van der Waals surface area contributed by atoms with Gasteiger partial charge in [-0.15, -0.1) is 0 Å². The van der Waals surface area contributed by atoms with Gasteiger partial charge < -0.3 is 14.6 Å². The number of hydrogen-bond donors (Lipinski definition) is 1. The summed E-state index contributed by atoms with van der Waals surface area (Å²) in [5, 5.41) is 10.2. The molecule has 3 heteroatoms. The first kappa shape index (κ1) is 16.2. The molecule has 0 bridgehead atoms. The van der Waals surface area contributed by atoms with E-state index in [0.29, 0.717) is 12.5 Å². The molecule has 1 aliphatic carbocycles. The number of ether oxygens (including phenoxy) is 2. The van der Waals surface area contributed by atoms with Crippen molar-refractivity contribution in [1.29, 1.82) is 0 Å². The molecule has 1 aliphatic rings. The summed E-state index contributed by atoms with van der Waals surface area (Å²) in [7, 11) is 1.66. The molecule has 1 aromatic rings. The Bertz CT molecular complexity index is 419. The van der Waals surface area contributed by atoms with Crippen molar-refractivity contribution in [3.8, 4) is 11.5 Å². The van der Waals surface area contributed by atoms with E-state index in [0.717, 1.165) is 36.7 Å². The molecule has 0 saturated heterocycles. The lowest BCUT2D eigenvalue weighted by Gasteiger charge is -2.33. The van der Waals surface area contributed by atoms with Gasteiger partial charge in [0.2, 0.25) is 0 Å². The van der Waals surface area contributed by atoms with Gasteiger partial charge in [0, 0.05) is 0 Å². The maximum Gasteiger partial charge on any atom is 0.161 e. The van der Waals surface area contributed by atoms with E-state index in [1.165, 1.54) is 19.3 Å². The normalized spacial score (nSPS) is 25.6. The van der Waals surface area contributed by atoms with Gasteiger partial charge in [0.25, 0.3) is 0 Å². The molecule has 0 spiro atoms. The van der Waals surface area contributed by atoms with Crippen molar-refractivity contribution in [3.05, 3.63) is 24.3 Å². The van der Waals surface area contributed by atoms with E-state index in [4.69, 9.17) is 9.47 Å². The molecular formula is C18H28O3. The minimum absolute atomic E-state index is 0.153. The first-order valence-corrected chi connectivity index (χ1v) is 8.18. The Labute approximate surface area is 128 Å². The van der Waals surface area contributed by atoms with Gasteiger partial charge in [-0.1, -0.05) is 31.9 Å². The summed E-state index contributed by atoms with van der Waals surface area (Å²) < 4.78 is 11.1. The van der Waals surface area contributed by atoms with E-state index in [1.54, 1.807) is 7.11 Å². The van der Waals surface area contributed by atoms with Crippen LogP contribution in [0.3, 0.4) is 0 Å². The van der Waals surface area contributed by atoms with Gasteiger partial charge in [0.1, 0.15) is 0 Å². The van der Waals surface area contributed by atoms with Crippen molar-refractivity contribution in [2.45, 2.75) is 51.6 Å². The van der Waals surface area contributed by atoms with Gasteiger partial charge in [-0.25, -0.2) is 0 Å². The van der Waals surface area contributed by atoms with Crippen molar-refractivity contribution >= 4 is 0 Å². The van der Waals surface area contributed by atoms with Crippen LogP contribution in [0.2, 0.25) is 0 Å². The molecule has 3 atom stereocenters. The summed E-state index contributed by atoms with van der Waals surface area (Å²) in [4.78, 5) is 0. The lowest BCUT2D eigenvalue weighted by molar-refractivity contribution is 0.0348. The molecule has 1 fully saturated rings. The molecule has 1 saturated carbocycles. The number of methoxy groups -OCH3 is 1. The van der Waals surface area contributed by atoms with Crippen molar-refractivity contribution in [1.82, 2.24) is 0 Å². The number of hydrogen-bond acceptors (Lipinski definition) is 3. The molecule has 0 aliphatic heterocycles. The van der Waals surface area contributed by atoms with E-state index in [2.05, 4.69) is 6.92 Å². The summed E-state index contributed by atoms with van der Waals surface area (Å²) >= 11 is 0. The SMILES string of the molecule is CCCC1CCC(O)C(CCOc2ccccc2OC)C1. The molecule has 1 aromatic carbocycles. The molecule has 0 heterocycles. The maximum absolute atomic E-state index is 10.2. The summed E-state index contributed by atoms with van der Waals surface area (Å²) in [5.41, 5.74) is 0. The molecule has 3 nitrogen and oxygen atoms in total. The Balaban J connectivity index is 1.81. The van der Waals surface area contributed by atoms with Gasteiger partial charge in [0.15, 0.2) is 11.5 Å². The van der Waals surface area contributed by atoms with Crippen LogP contribution in [0, 0.1) is 11.8 Å². The van der Waals surface area contributed by atoms with Crippen LogP contribution in [-0.4, -0.2) is 24.9 Å². The first-order valence-electron chi connectivity index (χ1n) is 8.18. The molecule has 0 aromatic heterocycles. The molecule has 0 radical (unpaired) electrons. The van der Waals surface area contributed by atoms with Crippen molar-refractivity contribution in [3.63, 3.8) is 0 Å². The van der Waals surface area contributed by atoms with Gasteiger partial charge >= 0.3 is 0 Å². The number of aliphatic hydroxyl groups is 1. The Hall–Kier alpha value is -1.22. The highest BCUT2D eigenvalue weighted by atomic mass is 16.5. The average molecular weight is 292 g/mol. The van der Waals surface area contributed by atoms with E-state index in [1.807, 2.05) is 24.3 Å². The fourth-order valence-corrected chi connectivity index (χ4v) is 3.38. The second-order valence-corrected chi connectivity index (χ2v) is 6.08. The highest BCUT2D eigenvalue weighted by Gasteiger charge is 2.28. The predicted molar refractivity (Wildman–Crippen MR) is 84.9 cm³/mol. The highest BCUT2D eigenvalue weighted by Crippen LogP contribution is 2.34. The third kappa shape index (κ3) is 4.63. The smallest absolute Gasteiger partial charge is 0.161 e. The summed E-state index contributed by atoms with van der Waals surface area (Å²) in [5.74, 6) is 2.72. The van der Waals surface area contributed by atoms with Gasteiger partial charge in [0.05, 0.1) is 19.8 Å². The van der Waals surface area contributed by atoms with Gasteiger partial charge in [-0.05, 0) is 49.7 Å². The van der Waals surface area contributed by atoms with Crippen molar-refractivity contribution in [2.75, 3.05) is 13.7 Å². The fourth-order valence-electron chi connectivity index (χ4n) is 3.38. The average Bonchev–Trinajstić information content (AvgIpc) is 2.51. The Kier molecular flexibility index (Phi) is 6.37. The molecular weight excluding hydrogens is 264 g/mol. The zero-order chi connectivity index (χ0) is 15.1. The van der Waals surface area contributed by atoms with Gasteiger partial charge in [-0.2, -0.15) is 0 Å². The van der Waals surface area contributed by atoms with E-state index < -0.39 is 0 Å². The van der Waals surface area contributed by atoms with E-state index in [9.17, 15) is 5.11 Å². The van der Waals surface area contributed by atoms with Crippen molar-refractivity contribution < 1.29 is 14.6 Å². The first-order chi connectivity index (χ1) is 10.2. The molecule has 2 rings (SSSR count). The second-order valence-electron chi connectivity index (χ2n) is 6.08. The molecule has 0 amide bonds. The van der Waals surface area contributed by atoms with Crippen LogP contribution in [-0.2, 0) is 0 Å². The summed E-state index contributed by atoms with van der Waals surface area (Å²) in [6.07, 6.45) is 6.56. The lowest BCUT2D eigenvalue weighted by Crippen LogP contribution is -2.30. The number of rotatable bonds is 7. The standard InChI is InChI=1S/C18H28O3/c1-3-6-14-9-10-16(19)15(13-14)11-12-21-18-8-5-4-7-17(18)20-2/h4-5,7-8,14-16,19H,3,6,9-13H2,1-2H3. The van der Waals surface area contributed by atoms with Crippen LogP contribution >= 0.6 is 0 Å². The van der Waals surface area contributed by atoms with Crippen LogP contribution < -0.4 is 9.47 Å². The summed E-state index contributed by atoms with van der Waals surface area (Å²) in [6, 6.07) is 7.72. The summed E-state index contributed by atoms with van der Waals surface area (Å²) in [6.45, 7) is 2.88. The molecule has 3 unspecified atom stereocenters. The van der Waals surface area contributed by atoms with E-state index in [-0.39, 0.29) is 6.10 Å². The van der Waals surface area contributed by atoms with Crippen molar-refractivity contribution in [2.24, 2.45) is 11.8 Å².